The molecular weight excluding hydrogens is 309 g/mol. The number of hydrogen-bond donors (Lipinski definition) is 2. The Kier molecular flexibility index (Phi) is 5.04. The number of nitrogens with two attached hydrogens (primary N) is 1. The Hall–Kier alpha value is -0.750. The van der Waals surface area contributed by atoms with Crippen LogP contribution in [0.15, 0.2) is 22.7 Å². The summed E-state index contributed by atoms with van der Waals surface area (Å²) in [6.07, 6.45) is -4.39. The van der Waals surface area contributed by atoms with E-state index >= 15 is 0 Å². The monoisotopic (exact) mass is 324 g/mol. The fraction of sp³-hybridized carbons (Fsp3) is 0.500. The summed E-state index contributed by atoms with van der Waals surface area (Å²) in [5.74, 6) is 0.153. The Morgan fingerprint density at radius 3 is 2.39 bits per heavy atom. The minimum atomic E-state index is -4.39. The smallest absolute Gasteiger partial charge is 0.380 e. The highest BCUT2D eigenvalue weighted by molar-refractivity contribution is 9.10. The molecule has 1 atom stereocenters. The molecule has 0 radical (unpaired) electrons. The van der Waals surface area contributed by atoms with E-state index < -0.39 is 11.7 Å². The second-order valence-electron chi connectivity index (χ2n) is 4.42. The summed E-state index contributed by atoms with van der Waals surface area (Å²) in [5, 5.41) is 2.86. The molecule has 1 unspecified atom stereocenters. The van der Waals surface area contributed by atoms with Crippen molar-refractivity contribution in [1.29, 1.82) is 0 Å². The van der Waals surface area contributed by atoms with Crippen LogP contribution in [-0.4, -0.2) is 12.6 Å². The molecule has 0 saturated heterocycles. The molecule has 0 spiro atoms. The number of alkyl halides is 3. The lowest BCUT2D eigenvalue weighted by Crippen LogP contribution is -2.34. The van der Waals surface area contributed by atoms with Crippen molar-refractivity contribution in [2.45, 2.75) is 26.1 Å². The van der Waals surface area contributed by atoms with Gasteiger partial charge in [-0.2, -0.15) is 13.2 Å². The van der Waals surface area contributed by atoms with Crippen molar-refractivity contribution in [2.75, 3.05) is 11.9 Å². The molecule has 3 N–H and O–H groups in total. The Balaban J connectivity index is 3.09. The van der Waals surface area contributed by atoms with Crippen LogP contribution in [0, 0.1) is 5.92 Å². The van der Waals surface area contributed by atoms with Gasteiger partial charge < -0.3 is 11.1 Å². The molecule has 0 aliphatic carbocycles. The molecule has 0 amide bonds. The van der Waals surface area contributed by atoms with Crippen LogP contribution in [0.4, 0.5) is 18.9 Å². The van der Waals surface area contributed by atoms with Gasteiger partial charge in [0, 0.05) is 22.7 Å². The van der Waals surface area contributed by atoms with Crippen LogP contribution in [-0.2, 0) is 6.18 Å². The van der Waals surface area contributed by atoms with Gasteiger partial charge >= 0.3 is 6.18 Å². The van der Waals surface area contributed by atoms with E-state index in [-0.39, 0.29) is 24.2 Å². The summed E-state index contributed by atoms with van der Waals surface area (Å²) >= 11 is 3.05. The first kappa shape index (κ1) is 15.3. The first-order valence-corrected chi connectivity index (χ1v) is 6.38. The number of rotatable bonds is 4. The third-order valence-corrected chi connectivity index (χ3v) is 3.18. The molecule has 0 fully saturated rings. The van der Waals surface area contributed by atoms with Gasteiger partial charge in [-0.15, -0.1) is 0 Å². The van der Waals surface area contributed by atoms with Crippen molar-refractivity contribution < 1.29 is 13.2 Å². The van der Waals surface area contributed by atoms with Crippen LogP contribution in [0.1, 0.15) is 19.4 Å². The van der Waals surface area contributed by atoms with E-state index in [1.807, 2.05) is 13.8 Å². The van der Waals surface area contributed by atoms with Gasteiger partial charge in [-0.1, -0.05) is 29.8 Å². The van der Waals surface area contributed by atoms with Crippen molar-refractivity contribution in [3.63, 3.8) is 0 Å². The number of hydrogen-bond acceptors (Lipinski definition) is 2. The molecule has 1 aromatic rings. The van der Waals surface area contributed by atoms with Crippen LogP contribution < -0.4 is 11.1 Å². The van der Waals surface area contributed by atoms with Crippen molar-refractivity contribution in [3.05, 3.63) is 28.2 Å². The lowest BCUT2D eigenvalue weighted by Gasteiger charge is -2.24. The molecule has 0 aliphatic rings. The van der Waals surface area contributed by atoms with Gasteiger partial charge in [0.1, 0.15) is 0 Å². The topological polar surface area (TPSA) is 38.0 Å². The molecule has 6 heteroatoms. The van der Waals surface area contributed by atoms with Gasteiger partial charge in [0.15, 0.2) is 0 Å². The SMILES string of the molecule is CC(C)C(CN)Nc1ccc(Br)cc1C(F)(F)F. The van der Waals surface area contributed by atoms with Gasteiger partial charge in [0.25, 0.3) is 0 Å². The quantitative estimate of drug-likeness (QED) is 0.882. The fourth-order valence-electron chi connectivity index (χ4n) is 1.57. The number of halogens is 4. The fourth-order valence-corrected chi connectivity index (χ4v) is 1.94. The summed E-state index contributed by atoms with van der Waals surface area (Å²) in [4.78, 5) is 0. The molecular formula is C12H16BrF3N2. The highest BCUT2D eigenvalue weighted by Gasteiger charge is 2.34. The average Bonchev–Trinajstić information content (AvgIpc) is 2.25. The maximum Gasteiger partial charge on any atom is 0.418 e. The van der Waals surface area contributed by atoms with Gasteiger partial charge in [-0.25, -0.2) is 0 Å². The second-order valence-corrected chi connectivity index (χ2v) is 5.33. The lowest BCUT2D eigenvalue weighted by atomic mass is 10.0. The van der Waals surface area contributed by atoms with E-state index in [1.165, 1.54) is 6.07 Å². The van der Waals surface area contributed by atoms with Crippen LogP contribution in [0.3, 0.4) is 0 Å². The third kappa shape index (κ3) is 3.88. The van der Waals surface area contributed by atoms with E-state index in [9.17, 15) is 13.2 Å². The maximum absolute atomic E-state index is 12.9. The van der Waals surface area contributed by atoms with Crippen molar-refractivity contribution in [2.24, 2.45) is 11.7 Å². The molecule has 0 aliphatic heterocycles. The van der Waals surface area contributed by atoms with Gasteiger partial charge in [0.05, 0.1) is 5.56 Å². The minimum absolute atomic E-state index is 0.0647. The molecule has 0 heterocycles. The first-order chi connectivity index (χ1) is 8.25. The standard InChI is InChI=1S/C12H16BrF3N2/c1-7(2)11(6-17)18-10-4-3-8(13)5-9(10)12(14,15)16/h3-5,7,11,18H,6,17H2,1-2H3. The molecule has 1 aromatic carbocycles. The zero-order valence-corrected chi connectivity index (χ0v) is 11.8. The molecule has 0 aromatic heterocycles. The predicted molar refractivity (Wildman–Crippen MR) is 70.4 cm³/mol. The van der Waals surface area contributed by atoms with Crippen molar-refractivity contribution in [3.8, 4) is 0 Å². The third-order valence-electron chi connectivity index (χ3n) is 2.69. The van der Waals surface area contributed by atoms with Crippen LogP contribution in [0.25, 0.3) is 0 Å². The normalized spacial score (nSPS) is 13.8. The van der Waals surface area contributed by atoms with E-state index in [0.29, 0.717) is 4.47 Å². The van der Waals surface area contributed by atoms with Gasteiger partial charge in [0.2, 0.25) is 0 Å². The summed E-state index contributed by atoms with van der Waals surface area (Å²) in [6.45, 7) is 4.11. The van der Waals surface area contributed by atoms with E-state index in [4.69, 9.17) is 5.73 Å². The number of nitrogens with one attached hydrogen (secondary N) is 1. The largest absolute Gasteiger partial charge is 0.418 e. The summed E-state index contributed by atoms with van der Waals surface area (Å²) < 4.78 is 39.1. The van der Waals surface area contributed by atoms with Crippen LogP contribution in [0.5, 0.6) is 0 Å². The molecule has 0 saturated carbocycles. The van der Waals surface area contributed by atoms with Gasteiger partial charge in [-0.05, 0) is 24.1 Å². The number of anilines is 1. The van der Waals surface area contributed by atoms with Gasteiger partial charge in [-0.3, -0.25) is 0 Å². The Morgan fingerprint density at radius 1 is 1.33 bits per heavy atom. The number of benzene rings is 1. The summed E-state index contributed by atoms with van der Waals surface area (Å²) in [6, 6.07) is 3.87. The molecule has 102 valence electrons. The Bertz CT molecular complexity index is 405. The maximum atomic E-state index is 12.9. The highest BCUT2D eigenvalue weighted by atomic mass is 79.9. The van der Waals surface area contributed by atoms with E-state index in [0.717, 1.165) is 6.07 Å². The molecule has 18 heavy (non-hydrogen) atoms. The first-order valence-electron chi connectivity index (χ1n) is 5.59. The molecule has 1 rings (SSSR count). The molecule has 2 nitrogen and oxygen atoms in total. The molecule has 0 bridgehead atoms. The van der Waals surface area contributed by atoms with Crippen LogP contribution in [0.2, 0.25) is 0 Å². The minimum Gasteiger partial charge on any atom is -0.380 e. The van der Waals surface area contributed by atoms with Crippen LogP contribution >= 0.6 is 15.9 Å². The van der Waals surface area contributed by atoms with Crippen molar-refractivity contribution in [1.82, 2.24) is 0 Å². The Morgan fingerprint density at radius 2 is 1.94 bits per heavy atom. The average molecular weight is 325 g/mol. The second kappa shape index (κ2) is 5.93. The van der Waals surface area contributed by atoms with E-state index in [2.05, 4.69) is 21.2 Å². The lowest BCUT2D eigenvalue weighted by molar-refractivity contribution is -0.137. The van der Waals surface area contributed by atoms with E-state index in [1.54, 1.807) is 6.07 Å². The van der Waals surface area contributed by atoms with Crippen molar-refractivity contribution >= 4 is 21.6 Å². The summed E-state index contributed by atoms with van der Waals surface area (Å²) in [5.41, 5.74) is 4.94. The highest BCUT2D eigenvalue weighted by Crippen LogP contribution is 2.37. The zero-order valence-electron chi connectivity index (χ0n) is 10.2. The predicted octanol–water partition coefficient (Wildman–Crippen LogP) is 3.86. The zero-order chi connectivity index (χ0) is 13.9. The Labute approximate surface area is 113 Å². The summed E-state index contributed by atoms with van der Waals surface area (Å²) in [7, 11) is 0.